The quantitative estimate of drug-likeness (QED) is 0.221. The van der Waals surface area contributed by atoms with Crippen molar-refractivity contribution in [1.29, 1.82) is 0 Å². The van der Waals surface area contributed by atoms with Gasteiger partial charge < -0.3 is 0 Å². The third-order valence-electron chi connectivity index (χ3n) is 2.81. The van der Waals surface area contributed by atoms with Gasteiger partial charge >= 0.3 is 132 Å². The van der Waals surface area contributed by atoms with Gasteiger partial charge in [0.1, 0.15) is 0 Å². The molecule has 0 nitrogen and oxygen atoms in total. The van der Waals surface area contributed by atoms with Crippen LogP contribution in [0.4, 0.5) is 35.1 Å². The van der Waals surface area contributed by atoms with Crippen LogP contribution in [0.5, 0.6) is 0 Å². The van der Waals surface area contributed by atoms with Gasteiger partial charge in [-0.25, -0.2) is 0 Å². The topological polar surface area (TPSA) is 0 Å². The zero-order valence-electron chi connectivity index (χ0n) is 10.1. The first-order chi connectivity index (χ1) is 10.2. The van der Waals surface area contributed by atoms with Crippen molar-refractivity contribution in [1.82, 2.24) is 0 Å². The molecule has 0 aliphatic carbocycles. The van der Waals surface area contributed by atoms with Crippen LogP contribution in [0.2, 0.25) is 0 Å². The Morgan fingerprint density at radius 1 is 0.545 bits per heavy atom. The molecule has 0 spiro atoms. The third kappa shape index (κ3) is 2.88. The minimum absolute atomic E-state index is 0.0116. The molecule has 2 aromatic rings. The zero-order chi connectivity index (χ0) is 16.8. The molecule has 0 heterocycles. The molecule has 0 atom stereocenters. The van der Waals surface area contributed by atoms with Gasteiger partial charge in [0.2, 0.25) is 0 Å². The minimum atomic E-state index is -4.64. The van der Waals surface area contributed by atoms with Crippen molar-refractivity contribution >= 4 is 38.5 Å². The van der Waals surface area contributed by atoms with Crippen LogP contribution in [0.1, 0.15) is 0 Å². The Hall–Kier alpha value is -0.718. The summed E-state index contributed by atoms with van der Waals surface area (Å²) in [5.41, 5.74) is 0. The average molecular weight is 582 g/mol. The van der Waals surface area contributed by atoms with E-state index in [-0.39, 0.29) is 12.1 Å². The molecule has 2 aromatic carbocycles. The fourth-order valence-electron chi connectivity index (χ4n) is 1.77. The summed E-state index contributed by atoms with van der Waals surface area (Å²) in [6.45, 7) is 0. The molecular weight excluding hydrogens is 580 g/mol. The Morgan fingerprint density at radius 3 is 1.18 bits per heavy atom. The van der Waals surface area contributed by atoms with E-state index in [9.17, 15) is 35.1 Å². The molecule has 0 unspecified atom stereocenters. The average Bonchev–Trinajstić information content (AvgIpc) is 2.42. The van der Waals surface area contributed by atoms with Gasteiger partial charge in [0.05, 0.1) is 0 Å². The molecule has 2 rings (SSSR count). The maximum absolute atomic E-state index is 13.7. The Labute approximate surface area is 132 Å². The second kappa shape index (κ2) is 6.42. The Balaban J connectivity index is 2.72. The molecular formula is C12H2BrF8Tl. The van der Waals surface area contributed by atoms with E-state index in [1.54, 1.807) is 0 Å². The van der Waals surface area contributed by atoms with Crippen LogP contribution in [0.25, 0.3) is 0 Å². The molecule has 10 heteroatoms. The van der Waals surface area contributed by atoms with Crippen molar-refractivity contribution < 1.29 is 35.1 Å². The van der Waals surface area contributed by atoms with E-state index < -0.39 is 73.1 Å². The fraction of sp³-hybridized carbons (Fsp3) is 0. The third-order valence-corrected chi connectivity index (χ3v) is 18.9. The molecule has 0 aliphatic heterocycles. The van der Waals surface area contributed by atoms with Crippen molar-refractivity contribution in [2.75, 3.05) is 0 Å². The second-order valence-corrected chi connectivity index (χ2v) is 19.5. The summed E-state index contributed by atoms with van der Waals surface area (Å²) in [5.74, 6) is -14.7. The first-order valence-corrected chi connectivity index (χ1v) is 19.7. The van der Waals surface area contributed by atoms with Crippen LogP contribution in [0, 0.1) is 46.5 Å². The molecule has 0 radical (unpaired) electrons. The van der Waals surface area contributed by atoms with E-state index in [0.717, 1.165) is 0 Å². The summed E-state index contributed by atoms with van der Waals surface area (Å²) in [4.78, 5) is 0. The van der Waals surface area contributed by atoms with Gasteiger partial charge in [0.15, 0.2) is 0 Å². The van der Waals surface area contributed by atoms with Crippen molar-refractivity contribution in [2.24, 2.45) is 0 Å². The SMILES string of the molecule is Fc1cc(F)[c]([Tl]([Br])[c]2c(F)cc(F)c(F)c2F)c(F)c1F. The molecule has 0 fully saturated rings. The Morgan fingerprint density at radius 2 is 0.864 bits per heavy atom. The number of benzene rings is 2. The van der Waals surface area contributed by atoms with Gasteiger partial charge in [0.25, 0.3) is 0 Å². The molecule has 116 valence electrons. The Kier molecular flexibility index (Phi) is 5.14. The normalized spacial score (nSPS) is 11.0. The Bertz CT molecular complexity index is 700. The van der Waals surface area contributed by atoms with Gasteiger partial charge in [-0.15, -0.1) is 0 Å². The maximum atomic E-state index is 13.7. The number of rotatable bonds is 2. The van der Waals surface area contributed by atoms with Gasteiger partial charge in [0, 0.05) is 0 Å². The molecule has 0 saturated heterocycles. The molecule has 0 aliphatic rings. The van der Waals surface area contributed by atoms with Crippen LogP contribution in [-0.2, 0) is 0 Å². The van der Waals surface area contributed by atoms with Crippen LogP contribution < -0.4 is 6.25 Å². The molecule has 0 bridgehead atoms. The van der Waals surface area contributed by atoms with Crippen LogP contribution in [-0.4, -0.2) is 20.3 Å². The van der Waals surface area contributed by atoms with Crippen molar-refractivity contribution in [3.8, 4) is 0 Å². The summed E-state index contributed by atoms with van der Waals surface area (Å²) in [5, 5.41) is 0. The van der Waals surface area contributed by atoms with Crippen molar-refractivity contribution in [3.63, 3.8) is 0 Å². The fourth-order valence-corrected chi connectivity index (χ4v) is 15.5. The monoisotopic (exact) mass is 582 g/mol. The summed E-state index contributed by atoms with van der Waals surface area (Å²) in [7, 11) is 0. The summed E-state index contributed by atoms with van der Waals surface area (Å²) >= 11 is -1.95. The predicted octanol–water partition coefficient (Wildman–Crippen LogP) is 3.30. The number of halogens is 9. The van der Waals surface area contributed by atoms with Crippen LogP contribution in [0.3, 0.4) is 0 Å². The first kappa shape index (κ1) is 17.6. The van der Waals surface area contributed by atoms with Crippen molar-refractivity contribution in [2.45, 2.75) is 0 Å². The molecule has 22 heavy (non-hydrogen) atoms. The standard InChI is InChI=1S/2C6HF4.BrH.Tl/c2*7-3-1-4(8)6(10)5(9)2-3;;/h2*1H;1H;/q;;;+1/p-1. The van der Waals surface area contributed by atoms with E-state index in [4.69, 9.17) is 0 Å². The summed E-state index contributed by atoms with van der Waals surface area (Å²) < 4.78 is 105. The van der Waals surface area contributed by atoms with Gasteiger partial charge in [-0.2, -0.15) is 0 Å². The summed E-state index contributed by atoms with van der Waals surface area (Å²) in [6.07, 6.45) is 0. The predicted molar refractivity (Wildman–Crippen MR) is 66.5 cm³/mol. The molecule has 0 amide bonds. The molecule has 0 N–H and O–H groups in total. The summed E-state index contributed by atoms with van der Waals surface area (Å²) in [6, 6.07) is 0.0232. The first-order valence-electron chi connectivity index (χ1n) is 5.46. The van der Waals surface area contributed by atoms with Crippen molar-refractivity contribution in [3.05, 3.63) is 58.7 Å². The van der Waals surface area contributed by atoms with E-state index in [2.05, 4.69) is 12.0 Å². The van der Waals surface area contributed by atoms with E-state index in [1.807, 2.05) is 0 Å². The molecule has 0 saturated carbocycles. The van der Waals surface area contributed by atoms with Crippen LogP contribution >= 0.6 is 12.0 Å². The zero-order valence-corrected chi connectivity index (χ0v) is 16.2. The van der Waals surface area contributed by atoms with E-state index in [1.165, 1.54) is 0 Å². The van der Waals surface area contributed by atoms with E-state index in [0.29, 0.717) is 0 Å². The second-order valence-electron chi connectivity index (χ2n) is 4.13. The number of hydrogen-bond donors (Lipinski definition) is 0. The van der Waals surface area contributed by atoms with Gasteiger partial charge in [-0.05, 0) is 0 Å². The number of hydrogen-bond acceptors (Lipinski definition) is 0. The van der Waals surface area contributed by atoms with E-state index >= 15 is 0 Å². The van der Waals surface area contributed by atoms with Gasteiger partial charge in [-0.1, -0.05) is 0 Å². The van der Waals surface area contributed by atoms with Gasteiger partial charge in [-0.3, -0.25) is 0 Å². The molecule has 0 aromatic heterocycles. The van der Waals surface area contributed by atoms with Crippen LogP contribution in [0.15, 0.2) is 12.1 Å².